The monoisotopic (exact) mass is 325 g/mol. The third-order valence-corrected chi connectivity index (χ3v) is 4.07. The zero-order valence-electron chi connectivity index (χ0n) is 13.4. The van der Waals surface area contributed by atoms with Gasteiger partial charge < -0.3 is 15.4 Å². The van der Waals surface area contributed by atoms with Crippen molar-refractivity contribution in [2.24, 2.45) is 5.92 Å². The van der Waals surface area contributed by atoms with Crippen LogP contribution in [0.4, 0.5) is 11.4 Å². The van der Waals surface area contributed by atoms with Gasteiger partial charge in [-0.3, -0.25) is 9.59 Å². The molecular formula is C18H19N3O3. The summed E-state index contributed by atoms with van der Waals surface area (Å²) in [4.78, 5) is 28.3. The molecule has 1 aliphatic rings. The molecule has 0 radical (unpaired) electrons. The largest absolute Gasteiger partial charge is 0.480 e. The van der Waals surface area contributed by atoms with Crippen LogP contribution in [-0.4, -0.2) is 23.9 Å². The smallest absolute Gasteiger partial charge is 0.237 e. The molecule has 0 bridgehead atoms. The molecule has 2 aromatic rings. The summed E-state index contributed by atoms with van der Waals surface area (Å²) >= 11 is 0. The van der Waals surface area contributed by atoms with E-state index in [9.17, 15) is 9.59 Å². The van der Waals surface area contributed by atoms with Crippen molar-refractivity contribution in [1.82, 2.24) is 4.98 Å². The number of carbonyl (C=O) groups excluding carboxylic acids is 2. The third-order valence-electron chi connectivity index (χ3n) is 4.07. The Bertz CT molecular complexity index is 761. The number of benzene rings is 1. The summed E-state index contributed by atoms with van der Waals surface area (Å²) in [6, 6.07) is 11.2. The first-order valence-electron chi connectivity index (χ1n) is 7.85. The summed E-state index contributed by atoms with van der Waals surface area (Å²) in [5.41, 5.74) is 2.50. The summed E-state index contributed by atoms with van der Waals surface area (Å²) in [6.07, 6.45) is 3.01. The summed E-state index contributed by atoms with van der Waals surface area (Å²) < 4.78 is 5.11. The second kappa shape index (κ2) is 7.12. The number of rotatable bonds is 5. The highest BCUT2D eigenvalue weighted by molar-refractivity contribution is 5.96. The minimum absolute atomic E-state index is 0.0274. The zero-order valence-corrected chi connectivity index (χ0v) is 13.4. The summed E-state index contributed by atoms with van der Waals surface area (Å²) in [6.45, 7) is 0. The highest BCUT2D eigenvalue weighted by Crippen LogP contribution is 2.28. The van der Waals surface area contributed by atoms with E-state index in [-0.39, 0.29) is 24.2 Å². The van der Waals surface area contributed by atoms with Gasteiger partial charge >= 0.3 is 0 Å². The maximum atomic E-state index is 12.2. The second-order valence-electron chi connectivity index (χ2n) is 5.69. The molecule has 1 aliphatic heterocycles. The van der Waals surface area contributed by atoms with Gasteiger partial charge in [0.25, 0.3) is 0 Å². The molecule has 2 N–H and O–H groups in total. The SMILES string of the molecule is COc1ncccc1NC(=O)CC[C@@H]1Cc2ccccc2NC1=O. The van der Waals surface area contributed by atoms with Gasteiger partial charge in [-0.05, 0) is 36.6 Å². The molecule has 3 rings (SSSR count). The number of nitrogens with zero attached hydrogens (tertiary/aromatic N) is 1. The fraction of sp³-hybridized carbons (Fsp3) is 0.278. The Balaban J connectivity index is 1.58. The normalized spacial score (nSPS) is 16.0. The van der Waals surface area contributed by atoms with Crippen LogP contribution in [0.2, 0.25) is 0 Å². The minimum Gasteiger partial charge on any atom is -0.480 e. The number of hydrogen-bond donors (Lipinski definition) is 2. The molecule has 0 unspecified atom stereocenters. The van der Waals surface area contributed by atoms with Crippen LogP contribution in [-0.2, 0) is 16.0 Å². The number of para-hydroxylation sites is 1. The van der Waals surface area contributed by atoms with Crippen molar-refractivity contribution < 1.29 is 14.3 Å². The Hall–Kier alpha value is -2.89. The number of ether oxygens (including phenoxy) is 1. The summed E-state index contributed by atoms with van der Waals surface area (Å²) in [7, 11) is 1.50. The Morgan fingerprint density at radius 1 is 1.33 bits per heavy atom. The first-order chi connectivity index (χ1) is 11.7. The Kier molecular flexibility index (Phi) is 4.74. The van der Waals surface area contributed by atoms with Crippen LogP contribution in [0.5, 0.6) is 5.88 Å². The molecule has 6 heteroatoms. The molecule has 6 nitrogen and oxygen atoms in total. The third kappa shape index (κ3) is 3.53. The molecule has 2 amide bonds. The first kappa shape index (κ1) is 16.0. The predicted octanol–water partition coefficient (Wildman–Crippen LogP) is 2.62. The number of fused-ring (bicyclic) bond motifs is 1. The van der Waals surface area contributed by atoms with Gasteiger partial charge in [-0.1, -0.05) is 18.2 Å². The maximum Gasteiger partial charge on any atom is 0.237 e. The lowest BCUT2D eigenvalue weighted by Crippen LogP contribution is -2.30. The van der Waals surface area contributed by atoms with Gasteiger partial charge in [-0.25, -0.2) is 4.98 Å². The average molecular weight is 325 g/mol. The molecule has 124 valence electrons. The van der Waals surface area contributed by atoms with Gasteiger partial charge in [0.2, 0.25) is 17.7 Å². The highest BCUT2D eigenvalue weighted by Gasteiger charge is 2.26. The number of aromatic nitrogens is 1. The lowest BCUT2D eigenvalue weighted by atomic mass is 9.89. The molecule has 2 heterocycles. The molecule has 0 fully saturated rings. The minimum atomic E-state index is -0.193. The quantitative estimate of drug-likeness (QED) is 0.885. The number of anilines is 2. The number of amides is 2. The highest BCUT2D eigenvalue weighted by atomic mass is 16.5. The number of carbonyl (C=O) groups is 2. The number of pyridine rings is 1. The summed E-state index contributed by atoms with van der Waals surface area (Å²) in [5, 5.41) is 5.68. The number of hydrogen-bond acceptors (Lipinski definition) is 4. The van der Waals surface area contributed by atoms with Crippen LogP contribution in [0.15, 0.2) is 42.6 Å². The Morgan fingerprint density at radius 2 is 2.17 bits per heavy atom. The Labute approximate surface area is 140 Å². The molecule has 1 atom stereocenters. The van der Waals surface area contributed by atoms with Crippen LogP contribution >= 0.6 is 0 Å². The van der Waals surface area contributed by atoms with Gasteiger partial charge in [0.1, 0.15) is 5.69 Å². The fourth-order valence-electron chi connectivity index (χ4n) is 2.81. The van der Waals surface area contributed by atoms with E-state index in [1.807, 2.05) is 24.3 Å². The molecule has 24 heavy (non-hydrogen) atoms. The van der Waals surface area contributed by atoms with E-state index < -0.39 is 0 Å². The molecule has 0 aliphatic carbocycles. The van der Waals surface area contributed by atoms with Crippen molar-refractivity contribution >= 4 is 23.2 Å². The van der Waals surface area contributed by atoms with Gasteiger partial charge in [-0.15, -0.1) is 0 Å². The fourth-order valence-corrected chi connectivity index (χ4v) is 2.81. The van der Waals surface area contributed by atoms with E-state index in [0.29, 0.717) is 24.4 Å². The van der Waals surface area contributed by atoms with Gasteiger partial charge in [0.05, 0.1) is 7.11 Å². The van der Waals surface area contributed by atoms with Crippen LogP contribution < -0.4 is 15.4 Å². The van der Waals surface area contributed by atoms with Gasteiger partial charge in [0, 0.05) is 24.2 Å². The van der Waals surface area contributed by atoms with Crippen LogP contribution in [0.1, 0.15) is 18.4 Å². The summed E-state index contributed by atoms with van der Waals surface area (Å²) in [5.74, 6) is -0.00922. The number of nitrogens with one attached hydrogen (secondary N) is 2. The lowest BCUT2D eigenvalue weighted by molar-refractivity contribution is -0.121. The van der Waals surface area contributed by atoms with E-state index in [0.717, 1.165) is 11.3 Å². The van der Waals surface area contributed by atoms with Crippen molar-refractivity contribution in [2.45, 2.75) is 19.3 Å². The lowest BCUT2D eigenvalue weighted by Gasteiger charge is -2.24. The first-order valence-corrected chi connectivity index (χ1v) is 7.85. The van der Waals surface area contributed by atoms with Crippen LogP contribution in [0.3, 0.4) is 0 Å². The van der Waals surface area contributed by atoms with E-state index in [4.69, 9.17) is 4.74 Å². The average Bonchev–Trinajstić information content (AvgIpc) is 2.60. The molecule has 1 aromatic heterocycles. The zero-order chi connectivity index (χ0) is 16.9. The molecular weight excluding hydrogens is 306 g/mol. The van der Waals surface area contributed by atoms with Crippen molar-refractivity contribution in [3.63, 3.8) is 0 Å². The van der Waals surface area contributed by atoms with Crippen molar-refractivity contribution in [3.8, 4) is 5.88 Å². The van der Waals surface area contributed by atoms with Crippen molar-refractivity contribution in [2.75, 3.05) is 17.7 Å². The van der Waals surface area contributed by atoms with E-state index in [2.05, 4.69) is 15.6 Å². The predicted molar refractivity (Wildman–Crippen MR) is 90.9 cm³/mol. The van der Waals surface area contributed by atoms with E-state index in [1.165, 1.54) is 7.11 Å². The van der Waals surface area contributed by atoms with Crippen molar-refractivity contribution in [1.29, 1.82) is 0 Å². The molecule has 1 aromatic carbocycles. The topological polar surface area (TPSA) is 80.3 Å². The Morgan fingerprint density at radius 3 is 3.00 bits per heavy atom. The van der Waals surface area contributed by atoms with Crippen molar-refractivity contribution in [3.05, 3.63) is 48.2 Å². The molecule has 0 saturated carbocycles. The van der Waals surface area contributed by atoms with Gasteiger partial charge in [-0.2, -0.15) is 0 Å². The van der Waals surface area contributed by atoms with E-state index >= 15 is 0 Å². The van der Waals surface area contributed by atoms with E-state index in [1.54, 1.807) is 18.3 Å². The maximum absolute atomic E-state index is 12.2. The van der Waals surface area contributed by atoms with Gasteiger partial charge in [0.15, 0.2) is 0 Å². The number of methoxy groups -OCH3 is 1. The molecule has 0 saturated heterocycles. The second-order valence-corrected chi connectivity index (χ2v) is 5.69. The van der Waals surface area contributed by atoms with Crippen LogP contribution in [0.25, 0.3) is 0 Å². The standard InChI is InChI=1S/C18H19N3O3/c1-24-18-15(7-4-10-19-18)20-16(22)9-8-13-11-12-5-2-3-6-14(12)21-17(13)23/h2-7,10,13H,8-9,11H2,1H3,(H,20,22)(H,21,23)/t13-/m1/s1. The molecule has 0 spiro atoms. The van der Waals surface area contributed by atoms with Crippen LogP contribution in [0, 0.1) is 5.92 Å².